The lowest BCUT2D eigenvalue weighted by molar-refractivity contribution is 0.185. The fourth-order valence-electron chi connectivity index (χ4n) is 2.01. The van der Waals surface area contributed by atoms with Crippen molar-refractivity contribution >= 4 is 22.1 Å². The first-order valence-corrected chi connectivity index (χ1v) is 8.91. The zero-order valence-corrected chi connectivity index (χ0v) is 13.7. The van der Waals surface area contributed by atoms with Gasteiger partial charge in [-0.05, 0) is 29.1 Å². The molecule has 1 aromatic carbocycles. The number of rotatable bonds is 6. The van der Waals surface area contributed by atoms with Crippen molar-refractivity contribution in [3.63, 3.8) is 0 Å². The second kappa shape index (κ2) is 7.00. The molecule has 0 saturated heterocycles. The van der Waals surface area contributed by atoms with Gasteiger partial charge < -0.3 is 9.15 Å². The Morgan fingerprint density at radius 1 is 1.27 bits per heavy atom. The van der Waals surface area contributed by atoms with Crippen LogP contribution in [0.1, 0.15) is 11.5 Å². The lowest BCUT2D eigenvalue weighted by Crippen LogP contribution is -1.97. The van der Waals surface area contributed by atoms with Crippen molar-refractivity contribution in [2.75, 3.05) is 7.11 Å². The van der Waals surface area contributed by atoms with Gasteiger partial charge in [0.25, 0.3) is 0 Å². The first-order chi connectivity index (χ1) is 10.8. The number of thiophene rings is 1. The number of ether oxygens (including phenoxy) is 1. The van der Waals surface area contributed by atoms with Gasteiger partial charge in [0.05, 0.1) is 28.5 Å². The maximum absolute atomic E-state index is 12.4. The summed E-state index contributed by atoms with van der Waals surface area (Å²) in [4.78, 5) is 5.99. The lowest BCUT2D eigenvalue weighted by Gasteiger charge is -2.02. The molecule has 0 aliphatic heterocycles. The Labute approximate surface area is 135 Å². The van der Waals surface area contributed by atoms with Gasteiger partial charge in [-0.15, -0.1) is 11.3 Å². The van der Waals surface area contributed by atoms with Gasteiger partial charge in [-0.25, -0.2) is 4.98 Å². The molecule has 0 fully saturated rings. The van der Waals surface area contributed by atoms with Crippen LogP contribution in [0.2, 0.25) is 0 Å². The maximum atomic E-state index is 12.4. The molecule has 2 heterocycles. The van der Waals surface area contributed by atoms with E-state index in [2.05, 4.69) is 4.98 Å². The molecule has 22 heavy (non-hydrogen) atoms. The normalized spacial score (nSPS) is 12.4. The highest BCUT2D eigenvalue weighted by atomic mass is 32.2. The summed E-state index contributed by atoms with van der Waals surface area (Å²) >= 11 is 1.59. The number of aromatic nitrogens is 1. The van der Waals surface area contributed by atoms with Crippen molar-refractivity contribution in [2.24, 2.45) is 0 Å². The molecular weight excluding hydrogens is 318 g/mol. The van der Waals surface area contributed by atoms with Gasteiger partial charge in [0.2, 0.25) is 5.89 Å². The van der Waals surface area contributed by atoms with Crippen molar-refractivity contribution in [3.8, 4) is 10.6 Å². The number of oxazole rings is 1. The summed E-state index contributed by atoms with van der Waals surface area (Å²) in [5, 5.41) is 1.98. The second-order valence-corrected chi connectivity index (χ2v) is 7.06. The third-order valence-electron chi connectivity index (χ3n) is 3.07. The van der Waals surface area contributed by atoms with Crippen LogP contribution in [-0.4, -0.2) is 16.3 Å². The van der Waals surface area contributed by atoms with E-state index in [0.717, 1.165) is 21.1 Å². The third kappa shape index (κ3) is 3.52. The molecule has 3 rings (SSSR count). The summed E-state index contributed by atoms with van der Waals surface area (Å²) in [5.74, 6) is 1.48. The molecule has 0 aliphatic rings. The molecule has 3 aromatic rings. The Bertz CT molecular complexity index is 748. The van der Waals surface area contributed by atoms with E-state index in [1.165, 1.54) is 0 Å². The number of methoxy groups -OCH3 is 1. The van der Waals surface area contributed by atoms with Gasteiger partial charge in [-0.1, -0.05) is 18.2 Å². The fourth-order valence-corrected chi connectivity index (χ4v) is 3.64. The minimum atomic E-state index is -1.17. The molecular formula is C16H15NO3S2. The predicted octanol–water partition coefficient (Wildman–Crippen LogP) is 3.86. The smallest absolute Gasteiger partial charge is 0.207 e. The Hall–Kier alpha value is -1.76. The zero-order chi connectivity index (χ0) is 15.4. The van der Waals surface area contributed by atoms with Crippen molar-refractivity contribution in [1.82, 2.24) is 4.98 Å². The number of benzene rings is 1. The molecule has 0 aliphatic carbocycles. The van der Waals surface area contributed by atoms with Crippen LogP contribution in [0.25, 0.3) is 10.6 Å². The number of nitrogens with zero attached hydrogens (tertiary/aromatic N) is 1. The molecule has 0 amide bonds. The Morgan fingerprint density at radius 3 is 2.77 bits per heavy atom. The number of hydrogen-bond donors (Lipinski definition) is 0. The van der Waals surface area contributed by atoms with Gasteiger partial charge in [0, 0.05) is 12.0 Å². The van der Waals surface area contributed by atoms with E-state index < -0.39 is 10.8 Å². The van der Waals surface area contributed by atoms with Crippen molar-refractivity contribution in [2.45, 2.75) is 17.3 Å². The molecule has 0 radical (unpaired) electrons. The van der Waals surface area contributed by atoms with Gasteiger partial charge in [-0.2, -0.15) is 0 Å². The van der Waals surface area contributed by atoms with E-state index in [-0.39, 0.29) is 5.75 Å². The van der Waals surface area contributed by atoms with Crippen LogP contribution in [0.3, 0.4) is 0 Å². The minimum Gasteiger partial charge on any atom is -0.439 e. The third-order valence-corrected chi connectivity index (χ3v) is 5.26. The molecule has 2 aromatic heterocycles. The van der Waals surface area contributed by atoms with E-state index in [4.69, 9.17) is 9.15 Å². The highest BCUT2D eigenvalue weighted by Crippen LogP contribution is 2.26. The fraction of sp³-hybridized carbons (Fsp3) is 0.188. The molecule has 0 unspecified atom stereocenters. The van der Waals surface area contributed by atoms with Crippen molar-refractivity contribution in [1.29, 1.82) is 0 Å². The van der Waals surface area contributed by atoms with Gasteiger partial charge >= 0.3 is 0 Å². The quantitative estimate of drug-likeness (QED) is 0.687. The average Bonchev–Trinajstić information content (AvgIpc) is 3.19. The topological polar surface area (TPSA) is 52.3 Å². The van der Waals surface area contributed by atoms with Crippen LogP contribution >= 0.6 is 11.3 Å². The van der Waals surface area contributed by atoms with E-state index in [9.17, 15) is 4.21 Å². The predicted molar refractivity (Wildman–Crippen MR) is 87.1 cm³/mol. The lowest BCUT2D eigenvalue weighted by atomic mass is 10.2. The Balaban J connectivity index is 1.69. The summed E-state index contributed by atoms with van der Waals surface area (Å²) in [6.45, 7) is 0.552. The molecule has 0 saturated carbocycles. The molecule has 0 bridgehead atoms. The highest BCUT2D eigenvalue weighted by Gasteiger charge is 2.12. The minimum absolute atomic E-state index is 0.273. The molecule has 114 valence electrons. The van der Waals surface area contributed by atoms with E-state index in [1.54, 1.807) is 24.6 Å². The van der Waals surface area contributed by atoms with E-state index in [0.29, 0.717) is 12.5 Å². The summed E-state index contributed by atoms with van der Waals surface area (Å²) in [6, 6.07) is 11.5. The summed E-state index contributed by atoms with van der Waals surface area (Å²) in [5.41, 5.74) is 1.05. The monoisotopic (exact) mass is 333 g/mol. The molecule has 0 N–H and O–H groups in total. The molecule has 0 spiro atoms. The van der Waals surface area contributed by atoms with Crippen LogP contribution in [0.5, 0.6) is 0 Å². The van der Waals surface area contributed by atoms with Crippen molar-refractivity contribution in [3.05, 3.63) is 59.4 Å². The Morgan fingerprint density at radius 2 is 2.09 bits per heavy atom. The van der Waals surface area contributed by atoms with Crippen LogP contribution in [0, 0.1) is 0 Å². The van der Waals surface area contributed by atoms with Crippen LogP contribution < -0.4 is 0 Å². The molecule has 6 heteroatoms. The summed E-state index contributed by atoms with van der Waals surface area (Å²) < 4.78 is 23.1. The van der Waals surface area contributed by atoms with Gasteiger partial charge in [0.15, 0.2) is 5.76 Å². The molecule has 1 atom stereocenters. The summed E-state index contributed by atoms with van der Waals surface area (Å²) in [7, 11) is 0.479. The SMILES string of the molecule is COCc1ccc([S@](=O)Cc2ncc(-c3cccs3)o2)cc1. The van der Waals surface area contributed by atoms with Crippen molar-refractivity contribution < 1.29 is 13.4 Å². The zero-order valence-electron chi connectivity index (χ0n) is 12.0. The largest absolute Gasteiger partial charge is 0.439 e. The first kappa shape index (κ1) is 15.1. The first-order valence-electron chi connectivity index (χ1n) is 6.71. The molecule has 4 nitrogen and oxygen atoms in total. The maximum Gasteiger partial charge on any atom is 0.207 e. The number of hydrogen-bond acceptors (Lipinski definition) is 5. The summed E-state index contributed by atoms with van der Waals surface area (Å²) in [6.07, 6.45) is 1.68. The van der Waals surface area contributed by atoms with Gasteiger partial charge in [0.1, 0.15) is 5.75 Å². The van der Waals surface area contributed by atoms with Crippen LogP contribution in [0.15, 0.2) is 57.3 Å². The van der Waals surface area contributed by atoms with E-state index in [1.807, 2.05) is 41.8 Å². The van der Waals surface area contributed by atoms with Crippen LogP contribution in [0.4, 0.5) is 0 Å². The standard InChI is InChI=1S/C16H15NO3S2/c1-19-10-12-4-6-13(7-5-12)22(18)11-16-17-9-14(20-16)15-3-2-8-21-15/h2-9H,10-11H2,1H3/t22-/m1/s1. The second-order valence-electron chi connectivity index (χ2n) is 4.66. The van der Waals surface area contributed by atoms with Gasteiger partial charge in [-0.3, -0.25) is 4.21 Å². The van der Waals surface area contributed by atoms with E-state index >= 15 is 0 Å². The average molecular weight is 333 g/mol. The van der Waals surface area contributed by atoms with Crippen LogP contribution in [-0.2, 0) is 27.9 Å². The highest BCUT2D eigenvalue weighted by molar-refractivity contribution is 7.84. The Kier molecular flexibility index (Phi) is 4.82.